The highest BCUT2D eigenvalue weighted by Crippen LogP contribution is 2.38. The number of nitrogens with one attached hydrogen (secondary N) is 2. The van der Waals surface area contributed by atoms with Crippen molar-refractivity contribution in [2.45, 2.75) is 69.9 Å². The molecule has 1 unspecified atom stereocenters. The summed E-state index contributed by atoms with van der Waals surface area (Å²) in [5.74, 6) is -1.03. The summed E-state index contributed by atoms with van der Waals surface area (Å²) >= 11 is 0. The normalized spacial score (nSPS) is 19.5. The number of carbonyl (C=O) groups is 5. The molecule has 4 aliphatic rings. The fraction of sp³-hybridized carbons (Fsp3) is 0.465. The van der Waals surface area contributed by atoms with E-state index in [0.717, 1.165) is 28.6 Å². The first-order chi connectivity index (χ1) is 28.5. The molecule has 0 saturated carbocycles. The molecule has 3 fully saturated rings. The van der Waals surface area contributed by atoms with Crippen LogP contribution in [-0.4, -0.2) is 119 Å². The molecule has 4 aromatic rings. The van der Waals surface area contributed by atoms with Gasteiger partial charge in [0.2, 0.25) is 23.6 Å². The number of anilines is 2. The van der Waals surface area contributed by atoms with Crippen LogP contribution in [0.3, 0.4) is 0 Å². The Labute approximate surface area is 341 Å². The van der Waals surface area contributed by atoms with Gasteiger partial charge in [0, 0.05) is 89.4 Å². The molecule has 15 nitrogen and oxygen atoms in total. The van der Waals surface area contributed by atoms with Crippen molar-refractivity contribution >= 4 is 57.5 Å². The summed E-state index contributed by atoms with van der Waals surface area (Å²) in [6, 6.07) is 10.3. The average Bonchev–Trinajstić information content (AvgIpc) is 3.94. The van der Waals surface area contributed by atoms with E-state index in [-0.39, 0.29) is 53.5 Å². The average molecular weight is 808 g/mol. The summed E-state index contributed by atoms with van der Waals surface area (Å²) in [5.41, 5.74) is 4.56. The van der Waals surface area contributed by atoms with Crippen LogP contribution in [0.2, 0.25) is 0 Å². The number of furan rings is 1. The van der Waals surface area contributed by atoms with E-state index in [1.165, 1.54) is 11.0 Å². The Hall–Kier alpha value is -6.06. The third-order valence-electron chi connectivity index (χ3n) is 12.1. The highest BCUT2D eigenvalue weighted by atomic mass is 19.1. The Morgan fingerprint density at radius 3 is 2.47 bits per heavy atom. The van der Waals surface area contributed by atoms with Gasteiger partial charge in [-0.05, 0) is 91.5 Å². The molecule has 310 valence electrons. The number of hydrogen-bond donors (Lipinski definition) is 2. The Bertz CT molecular complexity index is 2270. The van der Waals surface area contributed by atoms with Gasteiger partial charge in [-0.2, -0.15) is 0 Å². The predicted molar refractivity (Wildman–Crippen MR) is 218 cm³/mol. The molecule has 59 heavy (non-hydrogen) atoms. The zero-order valence-corrected chi connectivity index (χ0v) is 33.5. The second-order valence-electron chi connectivity index (χ2n) is 16.2. The lowest BCUT2D eigenvalue weighted by molar-refractivity contribution is -0.137. The molecule has 1 atom stereocenters. The van der Waals surface area contributed by atoms with Crippen LogP contribution >= 0.6 is 0 Å². The van der Waals surface area contributed by atoms with E-state index in [1.807, 2.05) is 15.9 Å². The van der Waals surface area contributed by atoms with Gasteiger partial charge in [-0.25, -0.2) is 4.39 Å². The Kier molecular flexibility index (Phi) is 11.5. The van der Waals surface area contributed by atoms with Crippen molar-refractivity contribution in [3.05, 3.63) is 77.6 Å². The highest BCUT2D eigenvalue weighted by molar-refractivity contribution is 6.02. The minimum atomic E-state index is -0.589. The predicted octanol–water partition coefficient (Wildman–Crippen LogP) is 4.41. The third-order valence-corrected chi connectivity index (χ3v) is 12.1. The number of halogens is 1. The summed E-state index contributed by atoms with van der Waals surface area (Å²) in [6.45, 7) is 3.91. The molecular weight excluding hydrogens is 758 g/mol. The van der Waals surface area contributed by atoms with Gasteiger partial charge in [0.1, 0.15) is 11.9 Å². The van der Waals surface area contributed by atoms with Gasteiger partial charge >= 0.3 is 0 Å². The van der Waals surface area contributed by atoms with Crippen LogP contribution in [0.25, 0.3) is 16.5 Å². The molecule has 8 rings (SSSR count). The molecule has 2 aromatic heterocycles. The Morgan fingerprint density at radius 2 is 1.76 bits per heavy atom. The topological polar surface area (TPSA) is 166 Å². The SMILES string of the molecule is CN(C)C(=O)c1cc2cc(C3=CCCN(C(=O)CCn4ccnn4)C3)cc(N3CCC(C(=O)N4CCC(c5ccc(NC6CCC(=O)NC6=O)cc5F)CC4)CC3)c2o1. The fourth-order valence-electron chi connectivity index (χ4n) is 8.78. The molecule has 6 heterocycles. The van der Waals surface area contributed by atoms with Crippen LogP contribution in [0.1, 0.15) is 79.0 Å². The number of piperidine rings is 3. The number of aromatic nitrogens is 3. The maximum atomic E-state index is 15.4. The summed E-state index contributed by atoms with van der Waals surface area (Å²) < 4.78 is 23.3. The van der Waals surface area contributed by atoms with Gasteiger partial charge in [0.05, 0.1) is 18.4 Å². The molecule has 3 saturated heterocycles. The number of aryl methyl sites for hydroxylation is 1. The first-order valence-corrected chi connectivity index (χ1v) is 20.5. The first-order valence-electron chi connectivity index (χ1n) is 20.5. The minimum Gasteiger partial charge on any atom is -0.449 e. The van der Waals surface area contributed by atoms with E-state index in [0.29, 0.717) is 101 Å². The van der Waals surface area contributed by atoms with Crippen molar-refractivity contribution < 1.29 is 32.8 Å². The van der Waals surface area contributed by atoms with Crippen molar-refractivity contribution in [2.75, 3.05) is 63.6 Å². The van der Waals surface area contributed by atoms with Crippen LogP contribution < -0.4 is 15.5 Å². The van der Waals surface area contributed by atoms with Crippen molar-refractivity contribution in [3.8, 4) is 0 Å². The van der Waals surface area contributed by atoms with Crippen LogP contribution in [0.4, 0.5) is 15.8 Å². The van der Waals surface area contributed by atoms with Gasteiger partial charge in [-0.1, -0.05) is 17.4 Å². The second-order valence-corrected chi connectivity index (χ2v) is 16.2. The molecular formula is C43H50FN9O6. The molecule has 0 aliphatic carbocycles. The van der Waals surface area contributed by atoms with Crippen LogP contribution in [0.15, 0.2) is 59.3 Å². The molecule has 4 aliphatic heterocycles. The molecule has 0 spiro atoms. The van der Waals surface area contributed by atoms with E-state index in [4.69, 9.17) is 4.42 Å². The number of rotatable bonds is 10. The van der Waals surface area contributed by atoms with E-state index < -0.39 is 11.9 Å². The van der Waals surface area contributed by atoms with Gasteiger partial charge in [-0.15, -0.1) is 5.10 Å². The maximum Gasteiger partial charge on any atom is 0.289 e. The number of benzene rings is 2. The summed E-state index contributed by atoms with van der Waals surface area (Å²) in [7, 11) is 3.38. The number of likely N-dealkylation sites (tertiary alicyclic amines) is 1. The van der Waals surface area contributed by atoms with Crippen LogP contribution in [-0.2, 0) is 25.7 Å². The van der Waals surface area contributed by atoms with Gasteiger partial charge in [0.15, 0.2) is 11.3 Å². The highest BCUT2D eigenvalue weighted by Gasteiger charge is 2.34. The fourth-order valence-corrected chi connectivity index (χ4v) is 8.78. The van der Waals surface area contributed by atoms with E-state index in [1.54, 1.807) is 49.4 Å². The van der Waals surface area contributed by atoms with Gasteiger partial charge in [0.25, 0.3) is 5.91 Å². The number of carbonyl (C=O) groups excluding carboxylic acids is 5. The lowest BCUT2D eigenvalue weighted by Crippen LogP contribution is -2.47. The molecule has 16 heteroatoms. The largest absolute Gasteiger partial charge is 0.449 e. The van der Waals surface area contributed by atoms with Gasteiger partial charge in [-0.3, -0.25) is 34.0 Å². The quantitative estimate of drug-likeness (QED) is 0.219. The first kappa shape index (κ1) is 39.8. The smallest absolute Gasteiger partial charge is 0.289 e. The summed E-state index contributed by atoms with van der Waals surface area (Å²) in [6.07, 6.45) is 9.77. The zero-order chi connectivity index (χ0) is 41.2. The van der Waals surface area contributed by atoms with Crippen molar-refractivity contribution in [3.63, 3.8) is 0 Å². The zero-order valence-electron chi connectivity index (χ0n) is 33.5. The second kappa shape index (κ2) is 17.0. The lowest BCUT2D eigenvalue weighted by Gasteiger charge is -2.38. The number of nitrogens with zero attached hydrogens (tertiary/aromatic N) is 7. The monoisotopic (exact) mass is 807 g/mol. The standard InChI is InChI=1S/C43H50FN9O6/c1-49(2)43(58)37-24-31-22-30(29-4-3-15-52(26-29)39(55)13-20-53-21-14-45-48-53)23-36(40(31)59-37)50-16-11-28(12-17-50)42(57)51-18-9-27(10-19-51)33-6-5-32(25-34(33)44)46-35-7-8-38(54)47-41(35)56/h4-6,14,21-25,27-28,35,46H,3,7-13,15-20,26H2,1-2H3,(H,47,54,56). The van der Waals surface area contributed by atoms with E-state index in [2.05, 4.69) is 38.0 Å². The molecule has 2 N–H and O–H groups in total. The third kappa shape index (κ3) is 8.71. The number of fused-ring (bicyclic) bond motifs is 1. The Morgan fingerprint density at radius 1 is 0.966 bits per heavy atom. The van der Waals surface area contributed by atoms with Crippen molar-refractivity contribution in [1.82, 2.24) is 35.0 Å². The number of amides is 5. The molecule has 5 amide bonds. The van der Waals surface area contributed by atoms with E-state index in [9.17, 15) is 24.0 Å². The minimum absolute atomic E-state index is 0.0260. The Balaban J connectivity index is 0.904. The lowest BCUT2D eigenvalue weighted by atomic mass is 9.87. The maximum absolute atomic E-state index is 15.4. The molecule has 0 radical (unpaired) electrons. The number of imide groups is 1. The van der Waals surface area contributed by atoms with Gasteiger partial charge < -0.3 is 29.3 Å². The van der Waals surface area contributed by atoms with E-state index >= 15 is 4.39 Å². The number of hydrogen-bond acceptors (Lipinski definition) is 10. The molecule has 2 aromatic carbocycles. The van der Waals surface area contributed by atoms with Crippen LogP contribution in [0, 0.1) is 11.7 Å². The van der Waals surface area contributed by atoms with Crippen molar-refractivity contribution in [2.24, 2.45) is 5.92 Å². The van der Waals surface area contributed by atoms with Crippen molar-refractivity contribution in [1.29, 1.82) is 0 Å². The summed E-state index contributed by atoms with van der Waals surface area (Å²) in [4.78, 5) is 71.3. The van der Waals surface area contributed by atoms with Crippen LogP contribution in [0.5, 0.6) is 0 Å². The summed E-state index contributed by atoms with van der Waals surface area (Å²) in [5, 5.41) is 14.0. The molecule has 0 bridgehead atoms.